The van der Waals surface area contributed by atoms with Gasteiger partial charge in [-0.3, -0.25) is 0 Å². The van der Waals surface area contributed by atoms with Crippen molar-refractivity contribution in [3.8, 4) is 11.5 Å². The van der Waals surface area contributed by atoms with Crippen molar-refractivity contribution in [2.45, 2.75) is 26.6 Å². The second kappa shape index (κ2) is 11.5. The van der Waals surface area contributed by atoms with Gasteiger partial charge in [-0.05, 0) is 31.5 Å². The van der Waals surface area contributed by atoms with E-state index in [1.807, 2.05) is 13.8 Å². The topological polar surface area (TPSA) is 64.1 Å². The van der Waals surface area contributed by atoms with Gasteiger partial charge in [-0.15, -0.1) is 0 Å². The van der Waals surface area contributed by atoms with Crippen LogP contribution in [0.3, 0.4) is 0 Å². The molecule has 1 rings (SSSR count). The second-order valence-corrected chi connectivity index (χ2v) is 5.21. The van der Waals surface area contributed by atoms with Gasteiger partial charge in [-0.25, -0.2) is 4.99 Å². The van der Waals surface area contributed by atoms with E-state index < -0.39 is 12.8 Å². The summed E-state index contributed by atoms with van der Waals surface area (Å²) in [5, 5.41) is 6.24. The first-order valence-electron chi connectivity index (χ1n) is 8.36. The maximum Gasteiger partial charge on any atom is 0.422 e. The minimum Gasteiger partial charge on any atom is -0.493 e. The highest BCUT2D eigenvalue weighted by atomic mass is 19.4. The molecule has 0 aromatic heterocycles. The molecule has 0 aliphatic heterocycles. The summed E-state index contributed by atoms with van der Waals surface area (Å²) in [7, 11) is 1.38. The number of ether oxygens (including phenoxy) is 3. The number of alkyl halides is 3. The molecule has 0 unspecified atom stereocenters. The average molecular weight is 377 g/mol. The van der Waals surface area contributed by atoms with Gasteiger partial charge in [0.15, 0.2) is 24.1 Å². The maximum absolute atomic E-state index is 12.3. The first-order chi connectivity index (χ1) is 12.4. The van der Waals surface area contributed by atoms with Crippen LogP contribution in [0.2, 0.25) is 0 Å². The van der Waals surface area contributed by atoms with Crippen LogP contribution in [0.15, 0.2) is 23.2 Å². The SMILES string of the molecule is CCNC(=NCc1ccc(OCC(F)(F)F)c(OC)c1)NCCOCC. The molecule has 1 aromatic carbocycles. The number of halogens is 3. The van der Waals surface area contributed by atoms with Crippen LogP contribution in [0, 0.1) is 0 Å². The quantitative estimate of drug-likeness (QED) is 0.373. The van der Waals surface area contributed by atoms with Crippen molar-refractivity contribution in [3.05, 3.63) is 23.8 Å². The largest absolute Gasteiger partial charge is 0.493 e. The summed E-state index contributed by atoms with van der Waals surface area (Å²) >= 11 is 0. The molecule has 0 spiro atoms. The number of hydrogen-bond donors (Lipinski definition) is 2. The summed E-state index contributed by atoms with van der Waals surface area (Å²) in [6.45, 7) is 5.39. The Morgan fingerprint density at radius 2 is 1.92 bits per heavy atom. The molecular formula is C17H26F3N3O3. The van der Waals surface area contributed by atoms with E-state index in [9.17, 15) is 13.2 Å². The monoisotopic (exact) mass is 377 g/mol. The highest BCUT2D eigenvalue weighted by Crippen LogP contribution is 2.30. The Balaban J connectivity index is 2.71. The van der Waals surface area contributed by atoms with Crippen molar-refractivity contribution in [2.24, 2.45) is 4.99 Å². The lowest BCUT2D eigenvalue weighted by atomic mass is 10.2. The van der Waals surface area contributed by atoms with Crippen molar-refractivity contribution < 1.29 is 27.4 Å². The first kappa shape index (κ1) is 21.9. The number of benzene rings is 1. The molecule has 0 saturated carbocycles. The van der Waals surface area contributed by atoms with E-state index >= 15 is 0 Å². The lowest BCUT2D eigenvalue weighted by Gasteiger charge is -2.14. The lowest BCUT2D eigenvalue weighted by Crippen LogP contribution is -2.39. The number of guanidine groups is 1. The van der Waals surface area contributed by atoms with Gasteiger partial charge in [-0.1, -0.05) is 6.07 Å². The standard InChI is InChI=1S/C17H26F3N3O3/c1-4-21-16(22-8-9-25-5-2)23-11-13-6-7-14(15(10-13)24-3)26-12-17(18,19)20/h6-7,10H,4-5,8-9,11-12H2,1-3H3,(H2,21,22,23). The molecule has 148 valence electrons. The zero-order valence-corrected chi connectivity index (χ0v) is 15.3. The fourth-order valence-corrected chi connectivity index (χ4v) is 1.99. The van der Waals surface area contributed by atoms with Crippen LogP contribution in [-0.4, -0.2) is 52.2 Å². The molecule has 0 atom stereocenters. The van der Waals surface area contributed by atoms with Crippen LogP contribution >= 0.6 is 0 Å². The van der Waals surface area contributed by atoms with Gasteiger partial charge < -0.3 is 24.8 Å². The summed E-state index contributed by atoms with van der Waals surface area (Å²) in [6.07, 6.45) is -4.40. The predicted molar refractivity (Wildman–Crippen MR) is 93.9 cm³/mol. The maximum atomic E-state index is 12.3. The smallest absolute Gasteiger partial charge is 0.422 e. The van der Waals surface area contributed by atoms with Gasteiger partial charge in [0.2, 0.25) is 0 Å². The number of hydrogen-bond acceptors (Lipinski definition) is 4. The van der Waals surface area contributed by atoms with Crippen LogP contribution in [0.5, 0.6) is 11.5 Å². The first-order valence-corrected chi connectivity index (χ1v) is 8.36. The minimum atomic E-state index is -4.40. The van der Waals surface area contributed by atoms with Gasteiger partial charge in [0.25, 0.3) is 0 Å². The molecular weight excluding hydrogens is 351 g/mol. The van der Waals surface area contributed by atoms with Gasteiger partial charge in [-0.2, -0.15) is 13.2 Å². The number of aliphatic imine (C=N–C) groups is 1. The molecule has 0 heterocycles. The fraction of sp³-hybridized carbons (Fsp3) is 0.588. The summed E-state index contributed by atoms with van der Waals surface area (Å²) in [4.78, 5) is 4.43. The molecule has 26 heavy (non-hydrogen) atoms. The van der Waals surface area contributed by atoms with Crippen molar-refractivity contribution in [2.75, 3.05) is 40.0 Å². The Labute approximate surface area is 151 Å². The van der Waals surface area contributed by atoms with Gasteiger partial charge in [0, 0.05) is 19.7 Å². The highest BCUT2D eigenvalue weighted by molar-refractivity contribution is 5.79. The molecule has 1 aromatic rings. The number of nitrogens with zero attached hydrogens (tertiary/aromatic N) is 1. The van der Waals surface area contributed by atoms with Crippen LogP contribution in [-0.2, 0) is 11.3 Å². The molecule has 9 heteroatoms. The number of rotatable bonds is 10. The third-order valence-corrected chi connectivity index (χ3v) is 3.13. The molecule has 6 nitrogen and oxygen atoms in total. The summed E-state index contributed by atoms with van der Waals surface area (Å²) in [5.74, 6) is 0.902. The van der Waals surface area contributed by atoms with E-state index in [4.69, 9.17) is 14.2 Å². The summed E-state index contributed by atoms with van der Waals surface area (Å²) < 4.78 is 52.0. The van der Waals surface area contributed by atoms with Gasteiger partial charge in [0.1, 0.15) is 0 Å². The third-order valence-electron chi connectivity index (χ3n) is 3.13. The van der Waals surface area contributed by atoms with Crippen LogP contribution in [0.4, 0.5) is 13.2 Å². The van der Waals surface area contributed by atoms with E-state index in [-0.39, 0.29) is 11.5 Å². The van der Waals surface area contributed by atoms with E-state index in [2.05, 4.69) is 15.6 Å². The molecule has 2 N–H and O–H groups in total. The molecule has 0 radical (unpaired) electrons. The Hall–Kier alpha value is -2.16. The molecule has 0 saturated heterocycles. The van der Waals surface area contributed by atoms with Crippen molar-refractivity contribution >= 4 is 5.96 Å². The van der Waals surface area contributed by atoms with Gasteiger partial charge in [0.05, 0.1) is 20.3 Å². The predicted octanol–water partition coefficient (Wildman–Crippen LogP) is 2.73. The minimum absolute atomic E-state index is 0.0410. The fourth-order valence-electron chi connectivity index (χ4n) is 1.99. The summed E-state index contributed by atoms with van der Waals surface area (Å²) in [5.41, 5.74) is 0.781. The number of nitrogens with one attached hydrogen (secondary N) is 2. The van der Waals surface area contributed by atoms with Crippen molar-refractivity contribution in [1.29, 1.82) is 0 Å². The molecule has 0 amide bonds. The zero-order valence-electron chi connectivity index (χ0n) is 15.3. The van der Waals surface area contributed by atoms with E-state index in [1.165, 1.54) is 13.2 Å². The van der Waals surface area contributed by atoms with E-state index in [1.54, 1.807) is 12.1 Å². The van der Waals surface area contributed by atoms with Crippen LogP contribution < -0.4 is 20.1 Å². The van der Waals surface area contributed by atoms with Crippen LogP contribution in [0.25, 0.3) is 0 Å². The number of methoxy groups -OCH3 is 1. The molecule has 0 aliphatic rings. The normalized spacial score (nSPS) is 12.0. The van der Waals surface area contributed by atoms with E-state index in [0.29, 0.717) is 38.8 Å². The average Bonchev–Trinajstić information content (AvgIpc) is 2.61. The zero-order chi connectivity index (χ0) is 19.4. The van der Waals surface area contributed by atoms with E-state index in [0.717, 1.165) is 5.56 Å². The summed E-state index contributed by atoms with van der Waals surface area (Å²) in [6, 6.07) is 4.71. The van der Waals surface area contributed by atoms with Crippen LogP contribution in [0.1, 0.15) is 19.4 Å². The van der Waals surface area contributed by atoms with Crippen molar-refractivity contribution in [1.82, 2.24) is 10.6 Å². The lowest BCUT2D eigenvalue weighted by molar-refractivity contribution is -0.153. The Bertz CT molecular complexity index is 566. The Morgan fingerprint density at radius 3 is 2.54 bits per heavy atom. The highest BCUT2D eigenvalue weighted by Gasteiger charge is 2.29. The molecule has 0 bridgehead atoms. The second-order valence-electron chi connectivity index (χ2n) is 5.21. The molecule has 0 fully saturated rings. The molecule has 0 aliphatic carbocycles. The van der Waals surface area contributed by atoms with Gasteiger partial charge >= 0.3 is 6.18 Å². The third kappa shape index (κ3) is 8.80. The Morgan fingerprint density at radius 1 is 1.15 bits per heavy atom. The Kier molecular flexibility index (Phi) is 9.64. The van der Waals surface area contributed by atoms with Crippen molar-refractivity contribution in [3.63, 3.8) is 0 Å².